The highest BCUT2D eigenvalue weighted by atomic mass is 32.2. The molecule has 0 unspecified atom stereocenters. The first-order chi connectivity index (χ1) is 11.5. The maximum absolute atomic E-state index is 12.8. The molecule has 1 aromatic carbocycles. The lowest BCUT2D eigenvalue weighted by Crippen LogP contribution is -2.38. The number of aromatic nitrogens is 3. The van der Waals surface area contributed by atoms with Crippen LogP contribution in [0.25, 0.3) is 0 Å². The number of nitrogens with one attached hydrogen (secondary N) is 1. The summed E-state index contributed by atoms with van der Waals surface area (Å²) in [5.41, 5.74) is 0.372. The van der Waals surface area contributed by atoms with Crippen LogP contribution in [0.2, 0.25) is 0 Å². The lowest BCUT2D eigenvalue weighted by Gasteiger charge is -2.24. The first-order valence-electron chi connectivity index (χ1n) is 7.70. The number of carbonyl (C=O) groups is 1. The fraction of sp³-hybridized carbons (Fsp3) is 0.400. The van der Waals surface area contributed by atoms with E-state index in [1.165, 1.54) is 19.2 Å². The zero-order valence-corrected chi connectivity index (χ0v) is 14.1. The van der Waals surface area contributed by atoms with Crippen molar-refractivity contribution in [2.75, 3.05) is 13.6 Å². The second kappa shape index (κ2) is 6.70. The predicted molar refractivity (Wildman–Crippen MR) is 86.8 cm³/mol. The molecule has 0 saturated carbocycles. The molecule has 2 heterocycles. The van der Waals surface area contributed by atoms with Gasteiger partial charge in [-0.05, 0) is 38.1 Å². The molecule has 2 aromatic rings. The number of hydrogen-bond acceptors (Lipinski definition) is 5. The van der Waals surface area contributed by atoms with Crippen LogP contribution in [-0.2, 0) is 16.6 Å². The van der Waals surface area contributed by atoms with Crippen LogP contribution in [-0.4, -0.2) is 53.9 Å². The summed E-state index contributed by atoms with van der Waals surface area (Å²) in [4.78, 5) is 14.7. The van der Waals surface area contributed by atoms with Gasteiger partial charge in [0.2, 0.25) is 10.0 Å². The van der Waals surface area contributed by atoms with Crippen LogP contribution in [0.1, 0.15) is 23.2 Å². The van der Waals surface area contributed by atoms with Crippen LogP contribution in [0.5, 0.6) is 0 Å². The summed E-state index contributed by atoms with van der Waals surface area (Å²) in [6, 6.07) is 6.14. The van der Waals surface area contributed by atoms with Gasteiger partial charge in [-0.2, -0.15) is 0 Å². The smallest absolute Gasteiger partial charge is 0.254 e. The summed E-state index contributed by atoms with van der Waals surface area (Å²) >= 11 is 0. The molecule has 0 spiro atoms. The summed E-state index contributed by atoms with van der Waals surface area (Å²) in [5.74, 6) is -0.161. The zero-order chi connectivity index (χ0) is 17.2. The van der Waals surface area contributed by atoms with Gasteiger partial charge >= 0.3 is 0 Å². The van der Waals surface area contributed by atoms with Crippen molar-refractivity contribution in [1.29, 1.82) is 0 Å². The molecule has 1 fully saturated rings. The Labute approximate surface area is 140 Å². The topological polar surface area (TPSA) is 97.2 Å². The molecular weight excluding hydrogens is 330 g/mol. The highest BCUT2D eigenvalue weighted by Crippen LogP contribution is 2.22. The van der Waals surface area contributed by atoms with E-state index in [0.717, 1.165) is 12.8 Å². The van der Waals surface area contributed by atoms with Crippen LogP contribution >= 0.6 is 0 Å². The Bertz CT molecular complexity index is 819. The Balaban J connectivity index is 1.82. The molecule has 9 heteroatoms. The number of amides is 1. The minimum Gasteiger partial charge on any atom is -0.334 e. The highest BCUT2D eigenvalue weighted by Gasteiger charge is 2.30. The van der Waals surface area contributed by atoms with Crippen molar-refractivity contribution in [3.05, 3.63) is 42.2 Å². The summed E-state index contributed by atoms with van der Waals surface area (Å²) in [6.45, 7) is 1.24. The van der Waals surface area contributed by atoms with Gasteiger partial charge in [0, 0.05) is 18.3 Å². The maximum Gasteiger partial charge on any atom is 0.254 e. The third-order valence-electron chi connectivity index (χ3n) is 4.17. The van der Waals surface area contributed by atoms with E-state index in [9.17, 15) is 13.2 Å². The first kappa shape index (κ1) is 16.6. The van der Waals surface area contributed by atoms with Crippen LogP contribution < -0.4 is 4.72 Å². The fourth-order valence-electron chi connectivity index (χ4n) is 2.92. The van der Waals surface area contributed by atoms with E-state index in [1.807, 2.05) is 0 Å². The lowest BCUT2D eigenvalue weighted by atomic mass is 10.1. The van der Waals surface area contributed by atoms with E-state index >= 15 is 0 Å². The Morgan fingerprint density at radius 1 is 1.42 bits per heavy atom. The van der Waals surface area contributed by atoms with Crippen molar-refractivity contribution in [2.24, 2.45) is 0 Å². The van der Waals surface area contributed by atoms with E-state index < -0.39 is 10.0 Å². The molecule has 1 saturated heterocycles. The minimum atomic E-state index is -3.58. The SMILES string of the molecule is CNS(=O)(=O)c1cccc(C(=O)N2CCC[C@H]2Cn2ccnn2)c1. The number of benzene rings is 1. The second-order valence-corrected chi connectivity index (χ2v) is 7.54. The van der Waals surface area contributed by atoms with E-state index in [1.54, 1.807) is 34.1 Å². The predicted octanol–water partition coefficient (Wildman–Crippen LogP) is 0.491. The quantitative estimate of drug-likeness (QED) is 0.847. The van der Waals surface area contributed by atoms with Gasteiger partial charge in [-0.25, -0.2) is 13.1 Å². The fourth-order valence-corrected chi connectivity index (χ4v) is 3.69. The number of sulfonamides is 1. The van der Waals surface area contributed by atoms with Gasteiger partial charge in [0.1, 0.15) is 0 Å². The molecule has 0 radical (unpaired) electrons. The van der Waals surface area contributed by atoms with Gasteiger partial charge in [-0.3, -0.25) is 9.48 Å². The normalized spacial score (nSPS) is 18.0. The molecule has 1 aliphatic heterocycles. The van der Waals surface area contributed by atoms with Gasteiger partial charge in [0.05, 0.1) is 23.7 Å². The van der Waals surface area contributed by atoms with E-state index in [0.29, 0.717) is 18.7 Å². The maximum atomic E-state index is 12.8. The third kappa shape index (κ3) is 3.31. The largest absolute Gasteiger partial charge is 0.334 e. The van der Waals surface area contributed by atoms with Gasteiger partial charge in [0.25, 0.3) is 5.91 Å². The summed E-state index contributed by atoms with van der Waals surface area (Å²) in [6.07, 6.45) is 5.17. The molecule has 0 bridgehead atoms. The number of rotatable bonds is 5. The highest BCUT2D eigenvalue weighted by molar-refractivity contribution is 7.89. The van der Waals surface area contributed by atoms with Gasteiger partial charge in [0.15, 0.2) is 0 Å². The molecular formula is C15H19N5O3S. The number of likely N-dealkylation sites (tertiary alicyclic amines) is 1. The monoisotopic (exact) mass is 349 g/mol. The summed E-state index contributed by atoms with van der Waals surface area (Å²) < 4.78 is 27.8. The first-order valence-corrected chi connectivity index (χ1v) is 9.18. The molecule has 1 aliphatic rings. The average molecular weight is 349 g/mol. The summed E-state index contributed by atoms with van der Waals surface area (Å²) in [7, 11) is -2.23. The van der Waals surface area contributed by atoms with Crippen molar-refractivity contribution in [3.63, 3.8) is 0 Å². The minimum absolute atomic E-state index is 0.0313. The molecule has 1 aromatic heterocycles. The Morgan fingerprint density at radius 3 is 2.96 bits per heavy atom. The van der Waals surface area contributed by atoms with E-state index in [2.05, 4.69) is 15.0 Å². The van der Waals surface area contributed by atoms with E-state index in [-0.39, 0.29) is 16.8 Å². The molecule has 24 heavy (non-hydrogen) atoms. The zero-order valence-electron chi connectivity index (χ0n) is 13.3. The summed E-state index contributed by atoms with van der Waals surface area (Å²) in [5, 5.41) is 7.72. The van der Waals surface area contributed by atoms with Crippen LogP contribution in [0, 0.1) is 0 Å². The lowest BCUT2D eigenvalue weighted by molar-refractivity contribution is 0.0721. The molecule has 1 amide bonds. The van der Waals surface area contributed by atoms with Gasteiger partial charge < -0.3 is 4.90 Å². The average Bonchev–Trinajstić information content (AvgIpc) is 3.26. The molecule has 1 N–H and O–H groups in total. The number of hydrogen-bond donors (Lipinski definition) is 1. The number of carbonyl (C=O) groups excluding carboxylic acids is 1. The van der Waals surface area contributed by atoms with Crippen LogP contribution in [0.3, 0.4) is 0 Å². The van der Waals surface area contributed by atoms with Crippen LogP contribution in [0.4, 0.5) is 0 Å². The Morgan fingerprint density at radius 2 is 2.25 bits per heavy atom. The number of nitrogens with zero attached hydrogens (tertiary/aromatic N) is 4. The molecule has 128 valence electrons. The van der Waals surface area contributed by atoms with Crippen molar-refractivity contribution < 1.29 is 13.2 Å². The Kier molecular flexibility index (Phi) is 4.63. The van der Waals surface area contributed by atoms with Crippen molar-refractivity contribution in [2.45, 2.75) is 30.3 Å². The Hall–Kier alpha value is -2.26. The molecule has 1 atom stereocenters. The third-order valence-corrected chi connectivity index (χ3v) is 5.58. The van der Waals surface area contributed by atoms with E-state index in [4.69, 9.17) is 0 Å². The second-order valence-electron chi connectivity index (χ2n) is 5.66. The van der Waals surface area contributed by atoms with Crippen molar-refractivity contribution >= 4 is 15.9 Å². The molecule has 3 rings (SSSR count). The van der Waals surface area contributed by atoms with Gasteiger partial charge in [-0.1, -0.05) is 11.3 Å². The molecule has 8 nitrogen and oxygen atoms in total. The van der Waals surface area contributed by atoms with Crippen LogP contribution in [0.15, 0.2) is 41.6 Å². The van der Waals surface area contributed by atoms with Crippen molar-refractivity contribution in [1.82, 2.24) is 24.6 Å². The molecule has 0 aliphatic carbocycles. The van der Waals surface area contributed by atoms with Gasteiger partial charge in [-0.15, -0.1) is 5.10 Å². The standard InChI is InChI=1S/C15H19N5O3S/c1-16-24(22,23)14-6-2-4-12(10-14)15(21)20-8-3-5-13(20)11-19-9-7-17-18-19/h2,4,6-7,9-10,13,16H,3,5,8,11H2,1H3/t13-/m0/s1. The van der Waals surface area contributed by atoms with Crippen molar-refractivity contribution in [3.8, 4) is 0 Å².